The third-order valence-corrected chi connectivity index (χ3v) is 4.59. The molecule has 3 rings (SSSR count). The Bertz CT molecular complexity index is 557. The summed E-state index contributed by atoms with van der Waals surface area (Å²) in [4.78, 5) is 23.7. The van der Waals surface area contributed by atoms with Crippen LogP contribution < -0.4 is 4.90 Å². The summed E-state index contributed by atoms with van der Waals surface area (Å²) in [5.41, 5.74) is 1.68. The molecule has 1 fully saturated rings. The van der Waals surface area contributed by atoms with E-state index in [2.05, 4.69) is 37.6 Å². The number of carbonyl (C=O) groups is 1. The fourth-order valence-electron chi connectivity index (χ4n) is 3.80. The van der Waals surface area contributed by atoms with Crippen molar-refractivity contribution in [2.75, 3.05) is 18.0 Å². The minimum Gasteiger partial charge on any atom is -0.340 e. The number of anilines is 1. The van der Waals surface area contributed by atoms with Crippen molar-refractivity contribution >= 4 is 11.7 Å². The van der Waals surface area contributed by atoms with E-state index in [0.29, 0.717) is 18.3 Å². The van der Waals surface area contributed by atoms with Gasteiger partial charge in [-0.3, -0.25) is 4.79 Å². The third-order valence-electron chi connectivity index (χ3n) is 4.59. The zero-order valence-corrected chi connectivity index (χ0v) is 13.5. The van der Waals surface area contributed by atoms with Crippen LogP contribution in [-0.2, 0) is 6.42 Å². The van der Waals surface area contributed by atoms with Crippen LogP contribution in [0.4, 0.5) is 5.95 Å². The van der Waals surface area contributed by atoms with Crippen molar-refractivity contribution in [3.05, 3.63) is 17.5 Å². The number of aromatic nitrogens is 2. The molecule has 4 nitrogen and oxygen atoms in total. The molecular formula is C17H25N3O. The lowest BCUT2D eigenvalue weighted by molar-refractivity contribution is 0.0909. The van der Waals surface area contributed by atoms with Gasteiger partial charge in [0.25, 0.3) is 0 Å². The highest BCUT2D eigenvalue weighted by Crippen LogP contribution is 2.34. The molecule has 0 spiro atoms. The summed E-state index contributed by atoms with van der Waals surface area (Å²) in [6.07, 6.45) is 4.48. The van der Waals surface area contributed by atoms with Crippen LogP contribution in [0.25, 0.3) is 0 Å². The Kier molecular flexibility index (Phi) is 3.50. The average molecular weight is 287 g/mol. The van der Waals surface area contributed by atoms with Crippen LogP contribution in [0.15, 0.2) is 6.20 Å². The Morgan fingerprint density at radius 3 is 2.52 bits per heavy atom. The van der Waals surface area contributed by atoms with E-state index >= 15 is 0 Å². The molecule has 4 heteroatoms. The van der Waals surface area contributed by atoms with Crippen molar-refractivity contribution in [2.45, 2.75) is 47.0 Å². The zero-order chi connectivity index (χ0) is 15.2. The number of hydrogen-bond acceptors (Lipinski definition) is 4. The first-order chi connectivity index (χ1) is 9.84. The molecule has 1 aromatic heterocycles. The molecule has 0 radical (unpaired) electrons. The van der Waals surface area contributed by atoms with Crippen LogP contribution in [0.2, 0.25) is 0 Å². The van der Waals surface area contributed by atoms with E-state index in [4.69, 9.17) is 4.98 Å². The zero-order valence-electron chi connectivity index (χ0n) is 13.5. The average Bonchev–Trinajstić information content (AvgIpc) is 2.35. The minimum absolute atomic E-state index is 0.0121. The number of carbonyl (C=O) groups excluding carboxylic acids is 1. The molecule has 1 aliphatic heterocycles. The van der Waals surface area contributed by atoms with Gasteiger partial charge in [0.05, 0.1) is 11.3 Å². The molecule has 114 valence electrons. The number of ketones is 1. The highest BCUT2D eigenvalue weighted by atomic mass is 16.1. The molecule has 1 saturated heterocycles. The Morgan fingerprint density at radius 1 is 1.19 bits per heavy atom. The lowest BCUT2D eigenvalue weighted by Crippen LogP contribution is -2.40. The van der Waals surface area contributed by atoms with Gasteiger partial charge >= 0.3 is 0 Å². The van der Waals surface area contributed by atoms with Gasteiger partial charge < -0.3 is 4.90 Å². The van der Waals surface area contributed by atoms with E-state index < -0.39 is 0 Å². The molecule has 0 N–H and O–H groups in total. The summed E-state index contributed by atoms with van der Waals surface area (Å²) in [6, 6.07) is 0. The predicted molar refractivity (Wildman–Crippen MR) is 83.6 cm³/mol. The van der Waals surface area contributed by atoms with E-state index in [1.807, 2.05) is 0 Å². The van der Waals surface area contributed by atoms with Crippen LogP contribution >= 0.6 is 0 Å². The Hall–Kier alpha value is -1.45. The second-order valence-corrected chi connectivity index (χ2v) is 7.82. The number of Topliss-reactive ketones (excluding diaryl/α,β-unsaturated/α-hetero) is 1. The van der Waals surface area contributed by atoms with E-state index in [0.717, 1.165) is 36.7 Å². The van der Waals surface area contributed by atoms with Gasteiger partial charge in [0, 0.05) is 25.7 Å². The molecular weight excluding hydrogens is 262 g/mol. The summed E-state index contributed by atoms with van der Waals surface area (Å²) in [6.45, 7) is 10.9. The number of hydrogen-bond donors (Lipinski definition) is 0. The maximum atomic E-state index is 12.2. The smallest absolute Gasteiger partial charge is 0.225 e. The monoisotopic (exact) mass is 287 g/mol. The molecule has 2 aliphatic rings. The first-order valence-electron chi connectivity index (χ1n) is 7.98. The van der Waals surface area contributed by atoms with E-state index in [1.54, 1.807) is 6.20 Å². The van der Waals surface area contributed by atoms with Gasteiger partial charge in [0.1, 0.15) is 0 Å². The van der Waals surface area contributed by atoms with Crippen molar-refractivity contribution in [1.82, 2.24) is 9.97 Å². The van der Waals surface area contributed by atoms with Gasteiger partial charge in [-0.2, -0.15) is 0 Å². The number of piperidine rings is 1. The predicted octanol–water partition coefficient (Wildman–Crippen LogP) is 3.11. The number of nitrogens with zero attached hydrogens (tertiary/aromatic N) is 3. The lowest BCUT2D eigenvalue weighted by Gasteiger charge is -2.36. The van der Waals surface area contributed by atoms with Crippen LogP contribution in [-0.4, -0.2) is 28.8 Å². The van der Waals surface area contributed by atoms with E-state index in [-0.39, 0.29) is 11.2 Å². The third kappa shape index (κ3) is 2.94. The normalized spacial score (nSPS) is 28.4. The van der Waals surface area contributed by atoms with Crippen LogP contribution in [0, 0.1) is 17.3 Å². The Balaban J connectivity index is 1.91. The van der Waals surface area contributed by atoms with Crippen molar-refractivity contribution in [3.63, 3.8) is 0 Å². The first kappa shape index (κ1) is 14.5. The Morgan fingerprint density at radius 2 is 1.86 bits per heavy atom. The summed E-state index contributed by atoms with van der Waals surface area (Å²) >= 11 is 0. The maximum Gasteiger partial charge on any atom is 0.225 e. The minimum atomic E-state index is 0.0121. The Labute approximate surface area is 127 Å². The van der Waals surface area contributed by atoms with E-state index in [9.17, 15) is 4.79 Å². The number of rotatable bonds is 1. The van der Waals surface area contributed by atoms with Crippen LogP contribution in [0.1, 0.15) is 56.6 Å². The van der Waals surface area contributed by atoms with Gasteiger partial charge in [0.2, 0.25) is 5.95 Å². The summed E-state index contributed by atoms with van der Waals surface area (Å²) in [5.74, 6) is 2.34. The molecule has 0 amide bonds. The largest absolute Gasteiger partial charge is 0.340 e. The second kappa shape index (κ2) is 5.08. The highest BCUT2D eigenvalue weighted by molar-refractivity contribution is 5.98. The van der Waals surface area contributed by atoms with Gasteiger partial charge in [-0.25, -0.2) is 9.97 Å². The van der Waals surface area contributed by atoms with Gasteiger partial charge in [-0.1, -0.05) is 27.7 Å². The fourth-order valence-corrected chi connectivity index (χ4v) is 3.80. The fraction of sp³-hybridized carbons (Fsp3) is 0.706. The van der Waals surface area contributed by atoms with Crippen molar-refractivity contribution in [1.29, 1.82) is 0 Å². The lowest BCUT2D eigenvalue weighted by atomic mass is 9.76. The SMILES string of the molecule is C[C@H]1C[C@H](C)CN(c2ncc3c(n2)CC(C)(C)CC3=O)C1. The molecule has 2 heterocycles. The molecule has 1 aliphatic carbocycles. The van der Waals surface area contributed by atoms with Crippen molar-refractivity contribution in [2.24, 2.45) is 17.3 Å². The highest BCUT2D eigenvalue weighted by Gasteiger charge is 2.33. The molecule has 0 bridgehead atoms. The number of fused-ring (bicyclic) bond motifs is 1. The van der Waals surface area contributed by atoms with Gasteiger partial charge in [-0.15, -0.1) is 0 Å². The van der Waals surface area contributed by atoms with Crippen LogP contribution in [0.5, 0.6) is 0 Å². The molecule has 0 saturated carbocycles. The molecule has 21 heavy (non-hydrogen) atoms. The summed E-state index contributed by atoms with van der Waals surface area (Å²) in [5, 5.41) is 0. The second-order valence-electron chi connectivity index (χ2n) is 7.82. The quantitative estimate of drug-likeness (QED) is 0.796. The summed E-state index contributed by atoms with van der Waals surface area (Å²) < 4.78 is 0. The van der Waals surface area contributed by atoms with Crippen molar-refractivity contribution in [3.8, 4) is 0 Å². The summed E-state index contributed by atoms with van der Waals surface area (Å²) in [7, 11) is 0. The maximum absolute atomic E-state index is 12.2. The van der Waals surface area contributed by atoms with Crippen molar-refractivity contribution < 1.29 is 4.79 Å². The topological polar surface area (TPSA) is 46.1 Å². The molecule has 0 aromatic carbocycles. The standard InChI is InChI=1S/C17H25N3O/c1-11-5-12(2)10-20(9-11)16-18-8-13-14(19-16)6-17(3,4)7-15(13)21/h8,11-12H,5-7,9-10H2,1-4H3/t11-,12-/m0/s1. The molecule has 2 atom stereocenters. The molecule has 1 aromatic rings. The first-order valence-corrected chi connectivity index (χ1v) is 7.98. The van der Waals surface area contributed by atoms with E-state index in [1.165, 1.54) is 6.42 Å². The van der Waals surface area contributed by atoms with Gasteiger partial charge in [-0.05, 0) is 30.1 Å². The van der Waals surface area contributed by atoms with Crippen LogP contribution in [0.3, 0.4) is 0 Å². The van der Waals surface area contributed by atoms with Gasteiger partial charge in [0.15, 0.2) is 5.78 Å². The molecule has 0 unspecified atom stereocenters.